The molecule has 0 aliphatic heterocycles. The van der Waals surface area contributed by atoms with E-state index < -0.39 is 12.0 Å². The largest absolute Gasteiger partial charge is 0.467 e. The first kappa shape index (κ1) is 14.5. The van der Waals surface area contributed by atoms with Crippen LogP contribution in [0.1, 0.15) is 33.1 Å². The van der Waals surface area contributed by atoms with Crippen molar-refractivity contribution in [2.45, 2.75) is 39.2 Å². The van der Waals surface area contributed by atoms with E-state index in [1.165, 1.54) is 7.11 Å². The number of hydrogen-bond donors (Lipinski definition) is 1. The smallest absolute Gasteiger partial charge is 0.328 e. The van der Waals surface area contributed by atoms with Crippen LogP contribution >= 0.6 is 0 Å². The van der Waals surface area contributed by atoms with Crippen LogP contribution in [-0.4, -0.2) is 25.0 Å². The Morgan fingerprint density at radius 1 is 1.44 bits per heavy atom. The van der Waals surface area contributed by atoms with Crippen molar-refractivity contribution in [3.63, 3.8) is 0 Å². The summed E-state index contributed by atoms with van der Waals surface area (Å²) in [6, 6.07) is -0.574. The quantitative estimate of drug-likeness (QED) is 0.544. The molecule has 4 heteroatoms. The maximum Gasteiger partial charge on any atom is 0.328 e. The van der Waals surface area contributed by atoms with Crippen molar-refractivity contribution < 1.29 is 14.3 Å². The summed E-state index contributed by atoms with van der Waals surface area (Å²) < 4.78 is 4.62. The average Bonchev–Trinajstić information content (AvgIpc) is 2.23. The molecule has 0 fully saturated rings. The number of rotatable bonds is 6. The van der Waals surface area contributed by atoms with Crippen molar-refractivity contribution in [2.24, 2.45) is 5.92 Å². The van der Waals surface area contributed by atoms with Gasteiger partial charge in [-0.25, -0.2) is 4.79 Å². The van der Waals surface area contributed by atoms with Crippen molar-refractivity contribution in [1.29, 1.82) is 0 Å². The molecular weight excluding hydrogens is 206 g/mol. The number of ether oxygens (including phenoxy) is 1. The van der Waals surface area contributed by atoms with Gasteiger partial charge in [0.2, 0.25) is 5.91 Å². The molecule has 0 radical (unpaired) electrons. The molecule has 0 heterocycles. The minimum absolute atomic E-state index is 0.214. The molecule has 0 aromatic heterocycles. The van der Waals surface area contributed by atoms with E-state index in [9.17, 15) is 9.59 Å². The third kappa shape index (κ3) is 6.07. The summed E-state index contributed by atoms with van der Waals surface area (Å²) in [6.07, 6.45) is 6.23. The van der Waals surface area contributed by atoms with Crippen LogP contribution in [0.25, 0.3) is 0 Å². The van der Waals surface area contributed by atoms with E-state index in [1.54, 1.807) is 0 Å². The zero-order valence-electron chi connectivity index (χ0n) is 10.1. The van der Waals surface area contributed by atoms with Crippen LogP contribution in [0.2, 0.25) is 0 Å². The molecule has 1 N–H and O–H groups in total. The Hall–Kier alpha value is -1.50. The number of carbonyl (C=O) groups is 2. The Balaban J connectivity index is 4.26. The van der Waals surface area contributed by atoms with E-state index in [-0.39, 0.29) is 12.3 Å². The lowest BCUT2D eigenvalue weighted by molar-refractivity contribution is -0.145. The van der Waals surface area contributed by atoms with Gasteiger partial charge in [-0.1, -0.05) is 13.8 Å². The van der Waals surface area contributed by atoms with Gasteiger partial charge in [0.05, 0.1) is 7.11 Å². The number of carbonyl (C=O) groups excluding carboxylic acids is 2. The molecule has 1 atom stereocenters. The minimum Gasteiger partial charge on any atom is -0.467 e. The summed E-state index contributed by atoms with van der Waals surface area (Å²) in [5, 5.41) is 2.62. The van der Waals surface area contributed by atoms with Gasteiger partial charge in [-0.05, 0) is 12.3 Å². The summed E-state index contributed by atoms with van der Waals surface area (Å²) in [5.41, 5.74) is 0. The fraction of sp³-hybridized carbons (Fsp3) is 0.667. The normalized spacial score (nSPS) is 11.7. The minimum atomic E-state index is -0.574. The summed E-state index contributed by atoms with van der Waals surface area (Å²) in [6.45, 7) is 3.95. The van der Waals surface area contributed by atoms with Crippen molar-refractivity contribution in [3.8, 4) is 12.3 Å². The molecule has 0 aliphatic rings. The number of amides is 1. The van der Waals surface area contributed by atoms with Gasteiger partial charge < -0.3 is 10.1 Å². The van der Waals surface area contributed by atoms with Gasteiger partial charge >= 0.3 is 5.97 Å². The molecule has 0 saturated heterocycles. The molecule has 16 heavy (non-hydrogen) atoms. The molecule has 0 spiro atoms. The number of nitrogens with one attached hydrogen (secondary N) is 1. The second-order valence-corrected chi connectivity index (χ2v) is 3.98. The predicted octanol–water partition coefficient (Wildman–Crippen LogP) is 1.10. The fourth-order valence-electron chi connectivity index (χ4n) is 1.28. The molecule has 0 aromatic carbocycles. The molecule has 0 aromatic rings. The maximum absolute atomic E-state index is 11.4. The summed E-state index contributed by atoms with van der Waals surface area (Å²) in [4.78, 5) is 22.8. The van der Waals surface area contributed by atoms with Gasteiger partial charge in [-0.3, -0.25) is 4.79 Å². The Morgan fingerprint density at radius 3 is 2.50 bits per heavy atom. The highest BCUT2D eigenvalue weighted by atomic mass is 16.5. The second kappa shape index (κ2) is 7.75. The van der Waals surface area contributed by atoms with E-state index in [2.05, 4.69) is 16.0 Å². The third-order valence-electron chi connectivity index (χ3n) is 2.02. The molecule has 1 unspecified atom stereocenters. The second-order valence-electron chi connectivity index (χ2n) is 3.98. The van der Waals surface area contributed by atoms with Gasteiger partial charge in [0.25, 0.3) is 0 Å². The first-order valence-corrected chi connectivity index (χ1v) is 5.31. The van der Waals surface area contributed by atoms with Crippen LogP contribution in [0.15, 0.2) is 0 Å². The van der Waals surface area contributed by atoms with Crippen LogP contribution in [0.3, 0.4) is 0 Å². The lowest BCUT2D eigenvalue weighted by atomic mass is 10.0. The number of esters is 1. The van der Waals surface area contributed by atoms with Crippen LogP contribution < -0.4 is 5.32 Å². The molecule has 4 nitrogen and oxygen atoms in total. The van der Waals surface area contributed by atoms with Crippen molar-refractivity contribution in [2.75, 3.05) is 7.11 Å². The van der Waals surface area contributed by atoms with Gasteiger partial charge in [-0.15, -0.1) is 12.3 Å². The van der Waals surface area contributed by atoms with Crippen molar-refractivity contribution in [1.82, 2.24) is 5.32 Å². The Morgan fingerprint density at radius 2 is 2.06 bits per heavy atom. The summed E-state index contributed by atoms with van der Waals surface area (Å²) >= 11 is 0. The summed E-state index contributed by atoms with van der Waals surface area (Å²) in [5.74, 6) is 2.05. The molecule has 0 bridgehead atoms. The lowest BCUT2D eigenvalue weighted by Crippen LogP contribution is -2.42. The molecule has 1 amide bonds. The molecule has 0 rings (SSSR count). The predicted molar refractivity (Wildman–Crippen MR) is 61.5 cm³/mol. The maximum atomic E-state index is 11.4. The van der Waals surface area contributed by atoms with Crippen molar-refractivity contribution >= 4 is 11.9 Å². The fourth-order valence-corrected chi connectivity index (χ4v) is 1.28. The summed E-state index contributed by atoms with van der Waals surface area (Å²) in [7, 11) is 1.31. The van der Waals surface area contributed by atoms with E-state index in [0.717, 1.165) is 0 Å². The number of methoxy groups -OCH3 is 1. The van der Waals surface area contributed by atoms with E-state index >= 15 is 0 Å². The first-order chi connectivity index (χ1) is 7.51. The van der Waals surface area contributed by atoms with Gasteiger partial charge in [0.15, 0.2) is 0 Å². The highest BCUT2D eigenvalue weighted by molar-refractivity contribution is 5.84. The zero-order valence-corrected chi connectivity index (χ0v) is 10.1. The standard InChI is InChI=1S/C12H19NO3/c1-5-6-7-11(14)13-10(8-9(2)3)12(15)16-4/h1,9-10H,6-8H2,2-4H3,(H,13,14). The van der Waals surface area contributed by atoms with E-state index in [4.69, 9.17) is 6.42 Å². The van der Waals surface area contributed by atoms with Crippen LogP contribution in [0, 0.1) is 18.3 Å². The Bertz CT molecular complexity index is 278. The highest BCUT2D eigenvalue weighted by Crippen LogP contribution is 2.06. The monoisotopic (exact) mass is 225 g/mol. The molecule has 0 aliphatic carbocycles. The Labute approximate surface area is 96.7 Å². The molecule has 0 saturated carbocycles. The van der Waals surface area contributed by atoms with Gasteiger partial charge in [0.1, 0.15) is 6.04 Å². The van der Waals surface area contributed by atoms with Crippen molar-refractivity contribution in [3.05, 3.63) is 0 Å². The lowest BCUT2D eigenvalue weighted by Gasteiger charge is -2.17. The molecular formula is C12H19NO3. The number of hydrogen-bond acceptors (Lipinski definition) is 3. The topological polar surface area (TPSA) is 55.4 Å². The first-order valence-electron chi connectivity index (χ1n) is 5.31. The highest BCUT2D eigenvalue weighted by Gasteiger charge is 2.21. The number of terminal acetylenes is 1. The van der Waals surface area contributed by atoms with Gasteiger partial charge in [0, 0.05) is 12.8 Å². The zero-order chi connectivity index (χ0) is 12.6. The van der Waals surface area contributed by atoms with Crippen LogP contribution in [0.5, 0.6) is 0 Å². The van der Waals surface area contributed by atoms with E-state index in [1.807, 2.05) is 13.8 Å². The average molecular weight is 225 g/mol. The van der Waals surface area contributed by atoms with E-state index in [0.29, 0.717) is 18.8 Å². The van der Waals surface area contributed by atoms with Crippen LogP contribution in [0.4, 0.5) is 0 Å². The van der Waals surface area contributed by atoms with Crippen LogP contribution in [-0.2, 0) is 14.3 Å². The SMILES string of the molecule is C#CCCC(=O)NC(CC(C)C)C(=O)OC. The Kier molecular flexibility index (Phi) is 7.02. The molecule has 90 valence electrons. The third-order valence-corrected chi connectivity index (χ3v) is 2.02. The van der Waals surface area contributed by atoms with Gasteiger partial charge in [-0.2, -0.15) is 0 Å².